The van der Waals surface area contributed by atoms with Gasteiger partial charge in [-0.05, 0) is 48.7 Å². The van der Waals surface area contributed by atoms with E-state index in [4.69, 9.17) is 27.9 Å². The van der Waals surface area contributed by atoms with E-state index < -0.39 is 6.04 Å². The van der Waals surface area contributed by atoms with Gasteiger partial charge in [0.05, 0.1) is 12.9 Å². The monoisotopic (exact) mass is 482 g/mol. The summed E-state index contributed by atoms with van der Waals surface area (Å²) in [7, 11) is 1.60. The van der Waals surface area contributed by atoms with Crippen LogP contribution in [0.4, 0.5) is 0 Å². The molecule has 1 unspecified atom stereocenters. The van der Waals surface area contributed by atoms with E-state index in [-0.39, 0.29) is 17.6 Å². The van der Waals surface area contributed by atoms with E-state index in [9.17, 15) is 9.59 Å². The van der Waals surface area contributed by atoms with E-state index >= 15 is 0 Å². The van der Waals surface area contributed by atoms with Gasteiger partial charge in [0, 0.05) is 28.9 Å². The molecule has 5 nitrogen and oxygen atoms in total. The van der Waals surface area contributed by atoms with Crippen LogP contribution in [-0.2, 0) is 21.9 Å². The van der Waals surface area contributed by atoms with Crippen LogP contribution in [-0.4, -0.2) is 42.2 Å². The third-order valence-electron chi connectivity index (χ3n) is 4.70. The summed E-state index contributed by atoms with van der Waals surface area (Å²) in [5.74, 6) is 1.24. The number of rotatable bonds is 11. The average Bonchev–Trinajstić information content (AvgIpc) is 2.76. The van der Waals surface area contributed by atoms with E-state index in [1.165, 1.54) is 11.8 Å². The molecule has 1 N–H and O–H groups in total. The van der Waals surface area contributed by atoms with Crippen molar-refractivity contribution in [3.8, 4) is 5.75 Å². The summed E-state index contributed by atoms with van der Waals surface area (Å²) < 4.78 is 5.28. The fourth-order valence-corrected chi connectivity index (χ4v) is 4.38. The molecule has 0 heterocycles. The summed E-state index contributed by atoms with van der Waals surface area (Å²) >= 11 is 13.6. The minimum atomic E-state index is -0.593. The van der Waals surface area contributed by atoms with Gasteiger partial charge >= 0.3 is 0 Å². The van der Waals surface area contributed by atoms with Gasteiger partial charge in [-0.15, -0.1) is 11.8 Å². The standard InChI is InChI=1S/C23H28Cl2N2O3S/c1-4-10-26-23(29)16(2)27(13-17-6-5-7-20(11-17)30-3)22(28)15-31-14-18-8-9-19(24)12-21(18)25/h5-9,11-12,16H,4,10,13-15H2,1-3H3,(H,26,29). The molecule has 2 aromatic rings. The second-order valence-corrected chi connectivity index (χ2v) is 8.90. The lowest BCUT2D eigenvalue weighted by Crippen LogP contribution is -2.48. The number of thioether (sulfide) groups is 1. The average molecular weight is 483 g/mol. The molecular weight excluding hydrogens is 455 g/mol. The van der Waals surface area contributed by atoms with Gasteiger partial charge in [0.15, 0.2) is 0 Å². The molecule has 2 rings (SSSR count). The predicted molar refractivity (Wildman–Crippen MR) is 129 cm³/mol. The van der Waals surface area contributed by atoms with Crippen molar-refractivity contribution in [2.24, 2.45) is 0 Å². The zero-order chi connectivity index (χ0) is 22.8. The number of hydrogen-bond donors (Lipinski definition) is 1. The van der Waals surface area contributed by atoms with Crippen LogP contribution in [0.3, 0.4) is 0 Å². The van der Waals surface area contributed by atoms with Crippen LogP contribution in [0.2, 0.25) is 10.0 Å². The molecule has 8 heteroatoms. The van der Waals surface area contributed by atoms with Crippen LogP contribution in [0, 0.1) is 0 Å². The van der Waals surface area contributed by atoms with Gasteiger partial charge in [-0.25, -0.2) is 0 Å². The fourth-order valence-electron chi connectivity index (χ4n) is 2.92. The molecule has 0 radical (unpaired) electrons. The Bertz CT molecular complexity index is 895. The normalized spacial score (nSPS) is 11.6. The lowest BCUT2D eigenvalue weighted by molar-refractivity contribution is -0.138. The van der Waals surface area contributed by atoms with Crippen LogP contribution >= 0.6 is 35.0 Å². The Morgan fingerprint density at radius 1 is 1.19 bits per heavy atom. The molecule has 0 fully saturated rings. The van der Waals surface area contributed by atoms with Crippen molar-refractivity contribution >= 4 is 46.8 Å². The summed E-state index contributed by atoms with van der Waals surface area (Å²) in [5, 5.41) is 4.03. The fraction of sp³-hybridized carbons (Fsp3) is 0.391. The van der Waals surface area contributed by atoms with Crippen LogP contribution in [0.25, 0.3) is 0 Å². The summed E-state index contributed by atoms with van der Waals surface area (Å²) in [5.41, 5.74) is 1.81. The zero-order valence-corrected chi connectivity index (χ0v) is 20.3. The molecular formula is C23H28Cl2N2O3S. The number of halogens is 2. The summed E-state index contributed by atoms with van der Waals surface area (Å²) in [6.07, 6.45) is 0.833. The molecule has 0 aliphatic heterocycles. The predicted octanol–water partition coefficient (Wildman–Crippen LogP) is 5.18. The Morgan fingerprint density at radius 3 is 2.65 bits per heavy atom. The molecule has 0 aliphatic rings. The molecule has 168 valence electrons. The maximum atomic E-state index is 13.1. The van der Waals surface area contributed by atoms with Gasteiger partial charge in [0.2, 0.25) is 11.8 Å². The number of carbonyl (C=O) groups excluding carboxylic acids is 2. The van der Waals surface area contributed by atoms with E-state index in [1.54, 1.807) is 31.1 Å². The number of benzene rings is 2. The third kappa shape index (κ3) is 7.95. The van der Waals surface area contributed by atoms with E-state index in [0.29, 0.717) is 34.6 Å². The van der Waals surface area contributed by atoms with Crippen molar-refractivity contribution in [1.82, 2.24) is 10.2 Å². The molecule has 0 aliphatic carbocycles. The van der Waals surface area contributed by atoms with Gasteiger partial charge in [0.1, 0.15) is 11.8 Å². The number of methoxy groups -OCH3 is 1. The molecule has 2 aromatic carbocycles. The lowest BCUT2D eigenvalue weighted by Gasteiger charge is -2.29. The van der Waals surface area contributed by atoms with Crippen molar-refractivity contribution in [2.45, 2.75) is 38.6 Å². The number of nitrogens with zero attached hydrogens (tertiary/aromatic N) is 1. The molecule has 0 bridgehead atoms. The molecule has 0 spiro atoms. The van der Waals surface area contributed by atoms with Crippen LogP contribution in [0.5, 0.6) is 5.75 Å². The molecule has 31 heavy (non-hydrogen) atoms. The highest BCUT2D eigenvalue weighted by Crippen LogP contribution is 2.25. The van der Waals surface area contributed by atoms with Crippen LogP contribution in [0.1, 0.15) is 31.4 Å². The van der Waals surface area contributed by atoms with Gasteiger partial charge in [-0.2, -0.15) is 0 Å². The maximum Gasteiger partial charge on any atom is 0.242 e. The Morgan fingerprint density at radius 2 is 1.97 bits per heavy atom. The number of nitrogens with one attached hydrogen (secondary N) is 1. The first-order valence-electron chi connectivity index (χ1n) is 10.1. The van der Waals surface area contributed by atoms with E-state index in [1.807, 2.05) is 37.3 Å². The summed E-state index contributed by atoms with van der Waals surface area (Å²) in [4.78, 5) is 27.3. The Hall–Kier alpha value is -1.89. The van der Waals surface area contributed by atoms with Gasteiger partial charge < -0.3 is 15.0 Å². The minimum Gasteiger partial charge on any atom is -0.497 e. The first-order valence-corrected chi connectivity index (χ1v) is 12.0. The number of carbonyl (C=O) groups is 2. The first kappa shape index (κ1) is 25.4. The van der Waals surface area contributed by atoms with E-state index in [2.05, 4.69) is 5.32 Å². The quantitative estimate of drug-likeness (QED) is 0.479. The first-order chi connectivity index (χ1) is 14.8. The summed E-state index contributed by atoms with van der Waals surface area (Å²) in [6.45, 7) is 4.64. The van der Waals surface area contributed by atoms with Crippen LogP contribution in [0.15, 0.2) is 42.5 Å². The molecule has 0 saturated heterocycles. The molecule has 2 amide bonds. The topological polar surface area (TPSA) is 58.6 Å². The highest BCUT2D eigenvalue weighted by atomic mass is 35.5. The number of ether oxygens (including phenoxy) is 1. The second kappa shape index (κ2) is 12.8. The number of hydrogen-bond acceptors (Lipinski definition) is 4. The van der Waals surface area contributed by atoms with E-state index in [0.717, 1.165) is 17.5 Å². The van der Waals surface area contributed by atoms with Crippen molar-refractivity contribution in [2.75, 3.05) is 19.4 Å². The van der Waals surface area contributed by atoms with Gasteiger partial charge in [-0.3, -0.25) is 9.59 Å². The smallest absolute Gasteiger partial charge is 0.242 e. The third-order valence-corrected chi connectivity index (χ3v) is 6.25. The second-order valence-electron chi connectivity index (χ2n) is 7.07. The van der Waals surface area contributed by atoms with Gasteiger partial charge in [-0.1, -0.05) is 48.3 Å². The largest absolute Gasteiger partial charge is 0.497 e. The summed E-state index contributed by atoms with van der Waals surface area (Å²) in [6, 6.07) is 12.2. The SMILES string of the molecule is CCCNC(=O)C(C)N(Cc1cccc(OC)c1)C(=O)CSCc1ccc(Cl)cc1Cl. The van der Waals surface area contributed by atoms with Crippen molar-refractivity contribution in [1.29, 1.82) is 0 Å². The zero-order valence-electron chi connectivity index (χ0n) is 18.0. The molecule has 1 atom stereocenters. The highest BCUT2D eigenvalue weighted by molar-refractivity contribution is 7.99. The maximum absolute atomic E-state index is 13.1. The van der Waals surface area contributed by atoms with Crippen molar-refractivity contribution in [3.05, 3.63) is 63.6 Å². The number of amides is 2. The highest BCUT2D eigenvalue weighted by Gasteiger charge is 2.26. The minimum absolute atomic E-state index is 0.114. The van der Waals surface area contributed by atoms with Crippen LogP contribution < -0.4 is 10.1 Å². The van der Waals surface area contributed by atoms with Crippen molar-refractivity contribution in [3.63, 3.8) is 0 Å². The molecule has 0 aromatic heterocycles. The Kier molecular flexibility index (Phi) is 10.5. The molecule has 0 saturated carbocycles. The lowest BCUT2D eigenvalue weighted by atomic mass is 10.1. The van der Waals surface area contributed by atoms with Crippen molar-refractivity contribution < 1.29 is 14.3 Å². The Labute approximate surface area is 198 Å². The van der Waals surface area contributed by atoms with Gasteiger partial charge in [0.25, 0.3) is 0 Å². The Balaban J connectivity index is 2.09.